The van der Waals surface area contributed by atoms with Crippen LogP contribution in [0.2, 0.25) is 0 Å². The maximum absolute atomic E-state index is 13.7. The van der Waals surface area contributed by atoms with E-state index in [-0.39, 0.29) is 18.2 Å². The maximum Gasteiger partial charge on any atom is 0.303 e. The third kappa shape index (κ3) is 5.91. The van der Waals surface area contributed by atoms with E-state index in [1.54, 1.807) is 10.4 Å². The summed E-state index contributed by atoms with van der Waals surface area (Å²) in [6.07, 6.45) is 2.78. The Labute approximate surface area is 194 Å². The molecule has 1 aliphatic heterocycles. The van der Waals surface area contributed by atoms with E-state index in [0.29, 0.717) is 25.9 Å². The fourth-order valence-electron chi connectivity index (χ4n) is 4.02. The van der Waals surface area contributed by atoms with Gasteiger partial charge in [0.2, 0.25) is 10.0 Å². The van der Waals surface area contributed by atoms with Crippen LogP contribution in [-0.2, 0) is 27.7 Å². The highest BCUT2D eigenvalue weighted by Gasteiger charge is 2.42. The number of hydrogen-bond donors (Lipinski definition) is 1. The molecule has 2 unspecified atom stereocenters. The lowest BCUT2D eigenvalue weighted by Gasteiger charge is -2.27. The number of aryl methyl sites for hydroxylation is 2. The Morgan fingerprint density at radius 1 is 1.09 bits per heavy atom. The molecule has 1 heterocycles. The number of halogens is 1. The van der Waals surface area contributed by atoms with Crippen LogP contribution in [0.5, 0.6) is 0 Å². The zero-order valence-corrected chi connectivity index (χ0v) is 20.1. The summed E-state index contributed by atoms with van der Waals surface area (Å²) in [5, 5.41) is 8.79. The first kappa shape index (κ1) is 24.7. The van der Waals surface area contributed by atoms with E-state index in [1.807, 2.05) is 38.1 Å². The molecule has 2 aromatic rings. The second-order valence-corrected chi connectivity index (χ2v) is 11.8. The minimum Gasteiger partial charge on any atom is -0.481 e. The molecule has 0 spiro atoms. The molecule has 2 aromatic carbocycles. The molecule has 0 radical (unpaired) electrons. The molecule has 0 bridgehead atoms. The fraction of sp³-hybridized carbons (Fsp3) is 0.458. The number of benzene rings is 2. The summed E-state index contributed by atoms with van der Waals surface area (Å²) in [5.74, 6) is -1.42. The quantitative estimate of drug-likeness (QED) is 0.488. The van der Waals surface area contributed by atoms with Crippen molar-refractivity contribution in [3.63, 3.8) is 0 Å². The summed E-state index contributed by atoms with van der Waals surface area (Å²) in [7, 11) is -3.55. The Hall–Kier alpha value is -1.90. The van der Waals surface area contributed by atoms with Gasteiger partial charge >= 0.3 is 5.97 Å². The van der Waals surface area contributed by atoms with Crippen molar-refractivity contribution >= 4 is 27.8 Å². The van der Waals surface area contributed by atoms with Crippen LogP contribution in [0.3, 0.4) is 0 Å². The van der Waals surface area contributed by atoms with Gasteiger partial charge in [0.05, 0.1) is 0 Å². The molecule has 3 rings (SSSR count). The van der Waals surface area contributed by atoms with Gasteiger partial charge in [0, 0.05) is 30.3 Å². The van der Waals surface area contributed by atoms with E-state index in [2.05, 4.69) is 0 Å². The molecule has 32 heavy (non-hydrogen) atoms. The van der Waals surface area contributed by atoms with Gasteiger partial charge in [-0.1, -0.05) is 38.1 Å². The molecular formula is C24H30FNO4S2. The predicted molar refractivity (Wildman–Crippen MR) is 126 cm³/mol. The highest BCUT2D eigenvalue weighted by Crippen LogP contribution is 2.48. The molecule has 0 aliphatic carbocycles. The van der Waals surface area contributed by atoms with Crippen molar-refractivity contribution in [3.8, 4) is 0 Å². The summed E-state index contributed by atoms with van der Waals surface area (Å²) < 4.78 is 41.6. The first-order valence-corrected chi connectivity index (χ1v) is 13.4. The standard InChI is InChI=1S/C24H30FNO4S2/c1-3-14-26(15-4-5-18-6-8-19(9-7-18)10-13-23(27)28)32(29,30)24-17(2)21-16-20(25)11-12-22(21)31-24/h6-9,11-12,16-17,24H,3-5,10,13-15H2,1-2H3,(H,27,28). The van der Waals surface area contributed by atoms with E-state index in [9.17, 15) is 17.6 Å². The summed E-state index contributed by atoms with van der Waals surface area (Å²) in [6.45, 7) is 4.72. The van der Waals surface area contributed by atoms with Crippen LogP contribution in [0.25, 0.3) is 0 Å². The number of rotatable bonds is 11. The van der Waals surface area contributed by atoms with Crippen molar-refractivity contribution in [1.82, 2.24) is 4.31 Å². The molecule has 5 nitrogen and oxygen atoms in total. The Bertz CT molecular complexity index is 1040. The number of hydrogen-bond acceptors (Lipinski definition) is 4. The van der Waals surface area contributed by atoms with Crippen molar-refractivity contribution in [1.29, 1.82) is 0 Å². The first-order chi connectivity index (χ1) is 15.2. The number of aliphatic carboxylic acids is 1. The highest BCUT2D eigenvalue weighted by atomic mass is 32.3. The van der Waals surface area contributed by atoms with Crippen LogP contribution in [0, 0.1) is 5.82 Å². The Balaban J connectivity index is 1.62. The van der Waals surface area contributed by atoms with E-state index in [0.717, 1.165) is 34.4 Å². The Morgan fingerprint density at radius 2 is 1.75 bits per heavy atom. The third-order valence-electron chi connectivity index (χ3n) is 5.76. The number of sulfonamides is 1. The normalized spacial score (nSPS) is 18.1. The smallest absolute Gasteiger partial charge is 0.303 e. The van der Waals surface area contributed by atoms with Crippen LogP contribution in [0.4, 0.5) is 4.39 Å². The van der Waals surface area contributed by atoms with Crippen molar-refractivity contribution in [2.45, 2.75) is 61.3 Å². The van der Waals surface area contributed by atoms with Gasteiger partial charge in [-0.05, 0) is 60.6 Å². The number of fused-ring (bicyclic) bond motifs is 1. The molecule has 0 fully saturated rings. The maximum atomic E-state index is 13.7. The average molecular weight is 480 g/mol. The van der Waals surface area contributed by atoms with Gasteiger partial charge in [-0.2, -0.15) is 0 Å². The number of thioether (sulfide) groups is 1. The lowest BCUT2D eigenvalue weighted by Crippen LogP contribution is -2.39. The van der Waals surface area contributed by atoms with E-state index in [1.165, 1.54) is 23.9 Å². The van der Waals surface area contributed by atoms with Crippen LogP contribution in [-0.4, -0.2) is 41.5 Å². The molecular weight excluding hydrogens is 449 g/mol. The van der Waals surface area contributed by atoms with Crippen molar-refractivity contribution < 1.29 is 22.7 Å². The van der Waals surface area contributed by atoms with Crippen molar-refractivity contribution in [3.05, 3.63) is 65.0 Å². The summed E-state index contributed by atoms with van der Waals surface area (Å²) in [4.78, 5) is 11.5. The lowest BCUT2D eigenvalue weighted by atomic mass is 10.0. The molecule has 0 amide bonds. The van der Waals surface area contributed by atoms with Crippen molar-refractivity contribution in [2.24, 2.45) is 0 Å². The van der Waals surface area contributed by atoms with Crippen LogP contribution < -0.4 is 0 Å². The number of carboxylic acid groups (broad SMARTS) is 1. The molecule has 174 valence electrons. The highest BCUT2D eigenvalue weighted by molar-refractivity contribution is 8.13. The van der Waals surface area contributed by atoms with Gasteiger partial charge in [-0.15, -0.1) is 11.8 Å². The SMILES string of the molecule is CCCN(CCCc1ccc(CCC(=O)O)cc1)S(=O)(=O)C1Sc2ccc(F)cc2C1C. The topological polar surface area (TPSA) is 74.7 Å². The van der Waals surface area contributed by atoms with Crippen LogP contribution in [0.1, 0.15) is 55.7 Å². The summed E-state index contributed by atoms with van der Waals surface area (Å²) in [5.41, 5.74) is 2.85. The number of carbonyl (C=O) groups is 1. The zero-order valence-electron chi connectivity index (χ0n) is 18.5. The van der Waals surface area contributed by atoms with Crippen molar-refractivity contribution in [2.75, 3.05) is 13.1 Å². The largest absolute Gasteiger partial charge is 0.481 e. The molecule has 0 saturated carbocycles. The van der Waals surface area contributed by atoms with E-state index in [4.69, 9.17) is 5.11 Å². The summed E-state index contributed by atoms with van der Waals surface area (Å²) in [6, 6.07) is 12.3. The zero-order chi connectivity index (χ0) is 23.3. The van der Waals surface area contributed by atoms with Gasteiger partial charge in [0.1, 0.15) is 10.4 Å². The number of carboxylic acids is 1. The molecule has 0 saturated heterocycles. The molecule has 0 aromatic heterocycles. The number of nitrogens with zero attached hydrogens (tertiary/aromatic N) is 1. The second-order valence-electron chi connectivity index (χ2n) is 8.21. The fourth-order valence-corrected chi connectivity index (χ4v) is 8.09. The predicted octanol–water partition coefficient (Wildman–Crippen LogP) is 5.05. The second kappa shape index (κ2) is 10.8. The van der Waals surface area contributed by atoms with E-state index < -0.39 is 20.6 Å². The Morgan fingerprint density at radius 3 is 2.38 bits per heavy atom. The van der Waals surface area contributed by atoms with Crippen LogP contribution in [0.15, 0.2) is 47.4 Å². The Kier molecular flexibility index (Phi) is 8.36. The molecule has 8 heteroatoms. The average Bonchev–Trinajstić information content (AvgIpc) is 3.09. The van der Waals surface area contributed by atoms with E-state index >= 15 is 0 Å². The lowest BCUT2D eigenvalue weighted by molar-refractivity contribution is -0.136. The molecule has 2 atom stereocenters. The minimum atomic E-state index is -3.55. The third-order valence-corrected chi connectivity index (χ3v) is 10.1. The monoisotopic (exact) mass is 479 g/mol. The minimum absolute atomic E-state index is 0.108. The van der Waals surface area contributed by atoms with Gasteiger partial charge in [-0.3, -0.25) is 4.79 Å². The molecule has 1 N–H and O–H groups in total. The van der Waals surface area contributed by atoms with Gasteiger partial charge in [0.15, 0.2) is 0 Å². The van der Waals surface area contributed by atoms with Gasteiger partial charge in [0.25, 0.3) is 0 Å². The molecule has 1 aliphatic rings. The van der Waals surface area contributed by atoms with Crippen LogP contribution >= 0.6 is 11.8 Å². The summed E-state index contributed by atoms with van der Waals surface area (Å²) >= 11 is 1.31. The van der Waals surface area contributed by atoms with Gasteiger partial charge < -0.3 is 5.11 Å². The first-order valence-electron chi connectivity index (χ1n) is 11.0. The van der Waals surface area contributed by atoms with Gasteiger partial charge in [-0.25, -0.2) is 17.1 Å².